The summed E-state index contributed by atoms with van der Waals surface area (Å²) in [6.07, 6.45) is -4.98. The van der Waals surface area contributed by atoms with Crippen molar-refractivity contribution in [1.82, 2.24) is 18.2 Å². The number of rotatable bonds is 6. The molecule has 180 valence electrons. The van der Waals surface area contributed by atoms with Crippen molar-refractivity contribution in [3.05, 3.63) is 51.5 Å². The third kappa shape index (κ3) is 5.30. The molecule has 1 N–H and O–H groups in total. The number of halogens is 5. The van der Waals surface area contributed by atoms with Crippen molar-refractivity contribution >= 4 is 37.5 Å². The van der Waals surface area contributed by atoms with Crippen LogP contribution in [-0.2, 0) is 33.3 Å². The molecule has 2 unspecified atom stereocenters. The highest BCUT2D eigenvalue weighted by Gasteiger charge is 2.47. The van der Waals surface area contributed by atoms with Gasteiger partial charge in [-0.25, -0.2) is 4.39 Å². The maximum absolute atomic E-state index is 15.0. The predicted octanol–water partition coefficient (Wildman–Crippen LogP) is 3.77. The van der Waals surface area contributed by atoms with Crippen molar-refractivity contribution in [1.29, 1.82) is 0 Å². The van der Waals surface area contributed by atoms with Gasteiger partial charge in [-0.1, -0.05) is 15.9 Å². The van der Waals surface area contributed by atoms with Crippen LogP contribution in [0.1, 0.15) is 44.6 Å². The number of alkyl halides is 3. The van der Waals surface area contributed by atoms with E-state index in [0.29, 0.717) is 14.8 Å². The first-order chi connectivity index (χ1) is 14.3. The largest absolute Gasteiger partial charge is 0.598 e. The second-order valence-electron chi connectivity index (χ2n) is 8.28. The Kier molecular flexibility index (Phi) is 7.50. The van der Waals surface area contributed by atoms with Gasteiger partial charge in [0.25, 0.3) is 0 Å². The van der Waals surface area contributed by atoms with Crippen molar-refractivity contribution < 1.29 is 30.5 Å². The fraction of sp³-hybridized carbons (Fsp3) is 0.500. The Morgan fingerprint density at radius 2 is 1.72 bits per heavy atom. The molecule has 0 radical (unpaired) electrons. The molecule has 0 amide bonds. The van der Waals surface area contributed by atoms with E-state index < -0.39 is 55.2 Å². The molecule has 2 rings (SSSR count). The Morgan fingerprint density at radius 3 is 2.19 bits per heavy atom. The minimum Gasteiger partial charge on any atom is -0.598 e. The first-order valence-electron chi connectivity index (χ1n) is 9.08. The Bertz CT molecular complexity index is 1100. The molecule has 1 aromatic heterocycles. The van der Waals surface area contributed by atoms with Gasteiger partial charge in [-0.3, -0.25) is 0 Å². The molecule has 32 heavy (non-hydrogen) atoms. The molecule has 0 spiro atoms. The second-order valence-corrected chi connectivity index (χ2v) is 13.1. The summed E-state index contributed by atoms with van der Waals surface area (Å²) in [5.41, 5.74) is -4.28. The van der Waals surface area contributed by atoms with E-state index in [1.165, 1.54) is 19.1 Å². The van der Waals surface area contributed by atoms with Gasteiger partial charge in [0.1, 0.15) is 16.1 Å². The van der Waals surface area contributed by atoms with Crippen LogP contribution in [0.4, 0.5) is 17.6 Å². The molecular formula is C18H23BrF4N4O3S2. The molecular weight excluding hydrogens is 540 g/mol. The van der Waals surface area contributed by atoms with Crippen molar-refractivity contribution in [2.24, 2.45) is 0 Å². The quantitative estimate of drug-likeness (QED) is 0.427. The van der Waals surface area contributed by atoms with Crippen LogP contribution in [-0.4, -0.2) is 45.3 Å². The number of benzene rings is 1. The molecule has 0 aliphatic rings. The Labute approximate surface area is 195 Å². The average molecular weight is 563 g/mol. The average Bonchev–Trinajstić information content (AvgIpc) is 3.10. The van der Waals surface area contributed by atoms with Crippen molar-refractivity contribution in [3.63, 3.8) is 0 Å². The van der Waals surface area contributed by atoms with E-state index in [1.807, 2.05) is 0 Å². The van der Waals surface area contributed by atoms with Gasteiger partial charge in [-0.05, 0) is 52.0 Å². The van der Waals surface area contributed by atoms with E-state index in [0.717, 1.165) is 20.2 Å². The summed E-state index contributed by atoms with van der Waals surface area (Å²) in [5.74, 6) is -0.849. The maximum atomic E-state index is 15.0. The third-order valence-electron chi connectivity index (χ3n) is 4.48. The van der Waals surface area contributed by atoms with Crippen molar-refractivity contribution in [2.75, 3.05) is 14.1 Å². The van der Waals surface area contributed by atoms with Crippen LogP contribution in [0.25, 0.3) is 0 Å². The summed E-state index contributed by atoms with van der Waals surface area (Å²) in [6.45, 7) is 6.05. The fourth-order valence-corrected chi connectivity index (χ4v) is 4.87. The van der Waals surface area contributed by atoms with Gasteiger partial charge in [-0.15, -0.1) is 8.81 Å². The lowest BCUT2D eigenvalue weighted by molar-refractivity contribution is -0.141. The summed E-state index contributed by atoms with van der Waals surface area (Å²) in [6, 6.07) is 4.21. The molecule has 0 aliphatic carbocycles. The number of nitrogens with one attached hydrogen (secondary N) is 1. The summed E-state index contributed by atoms with van der Waals surface area (Å²) >= 11 is 1.24. The van der Waals surface area contributed by atoms with E-state index in [9.17, 15) is 30.5 Å². The van der Waals surface area contributed by atoms with E-state index in [2.05, 4.69) is 25.8 Å². The fourth-order valence-electron chi connectivity index (χ4n) is 2.63. The smallest absolute Gasteiger partial charge is 0.435 e. The van der Waals surface area contributed by atoms with Gasteiger partial charge in [0.2, 0.25) is 0 Å². The third-order valence-corrected chi connectivity index (χ3v) is 8.32. The van der Waals surface area contributed by atoms with Gasteiger partial charge in [0, 0.05) is 35.5 Å². The number of hydrogen-bond donors (Lipinski definition) is 1. The van der Waals surface area contributed by atoms with Gasteiger partial charge in [0.05, 0.1) is 5.69 Å². The molecule has 0 saturated carbocycles. The minimum atomic E-state index is -4.98. The van der Waals surface area contributed by atoms with Crippen LogP contribution in [0.15, 0.2) is 28.7 Å². The van der Waals surface area contributed by atoms with Crippen LogP contribution in [0.3, 0.4) is 0 Å². The lowest BCUT2D eigenvalue weighted by atomic mass is 9.89. The van der Waals surface area contributed by atoms with Gasteiger partial charge in [0.15, 0.2) is 5.69 Å². The summed E-state index contributed by atoms with van der Waals surface area (Å²) in [4.78, 5) is 0. The van der Waals surface area contributed by atoms with Gasteiger partial charge < -0.3 is 4.55 Å². The molecule has 0 fully saturated rings. The summed E-state index contributed by atoms with van der Waals surface area (Å²) in [7, 11) is -2.33. The highest BCUT2D eigenvalue weighted by molar-refractivity contribution is 9.10. The summed E-state index contributed by atoms with van der Waals surface area (Å²) < 4.78 is 97.1. The lowest BCUT2D eigenvalue weighted by Crippen LogP contribution is -2.52. The molecule has 0 aliphatic heterocycles. The van der Waals surface area contributed by atoms with Crippen LogP contribution in [0.5, 0.6) is 0 Å². The maximum Gasteiger partial charge on any atom is 0.435 e. The molecule has 2 aromatic rings. The lowest BCUT2D eigenvalue weighted by Gasteiger charge is -2.35. The zero-order valence-electron chi connectivity index (χ0n) is 18.1. The van der Waals surface area contributed by atoms with Crippen molar-refractivity contribution in [3.8, 4) is 0 Å². The second kappa shape index (κ2) is 8.87. The molecule has 2 atom stereocenters. The van der Waals surface area contributed by atoms with Crippen LogP contribution in [0, 0.1) is 5.82 Å². The number of hydrogen-bond acceptors (Lipinski definition) is 5. The Balaban J connectivity index is 2.96. The molecule has 1 aromatic carbocycles. The van der Waals surface area contributed by atoms with Gasteiger partial charge in [-0.2, -0.15) is 31.0 Å². The molecule has 0 saturated heterocycles. The first-order valence-corrected chi connectivity index (χ1v) is 12.4. The predicted molar refractivity (Wildman–Crippen MR) is 117 cm³/mol. The van der Waals surface area contributed by atoms with Crippen LogP contribution < -0.4 is 4.72 Å². The van der Waals surface area contributed by atoms with E-state index in [-0.39, 0.29) is 9.65 Å². The molecule has 14 heteroatoms. The number of nitrogens with zero attached hydrogens (tertiary/aromatic N) is 3. The molecule has 1 heterocycles. The topological polar surface area (TPSA) is 90.3 Å². The van der Waals surface area contributed by atoms with Crippen LogP contribution >= 0.6 is 15.9 Å². The Morgan fingerprint density at radius 1 is 1.16 bits per heavy atom. The zero-order valence-corrected chi connectivity index (χ0v) is 21.3. The van der Waals surface area contributed by atoms with Gasteiger partial charge >= 0.3 is 16.4 Å². The minimum absolute atomic E-state index is 0.184. The monoisotopic (exact) mass is 562 g/mol. The first kappa shape index (κ1) is 27.1. The standard InChI is InChI=1S/C18H23BrF4N4O3S2/c1-16(2,3)31(28)25-17(4,12-9-11(19)7-8-13(12)20)15-10-14(18(21,22)23)24-27(15)32(29,30)26(5)6/h7-10,25H,1-6H3. The highest BCUT2D eigenvalue weighted by Crippen LogP contribution is 2.39. The molecule has 0 bridgehead atoms. The van der Waals surface area contributed by atoms with E-state index in [4.69, 9.17) is 0 Å². The SMILES string of the molecule is CN(C)S(=O)(=O)n1nc(C(F)(F)F)cc1C(C)(N[S+]([O-])C(C)(C)C)c1cc(Br)ccc1F. The summed E-state index contributed by atoms with van der Waals surface area (Å²) in [5, 5.41) is 3.28. The van der Waals surface area contributed by atoms with E-state index in [1.54, 1.807) is 20.8 Å². The highest BCUT2D eigenvalue weighted by atomic mass is 79.9. The normalized spacial score (nSPS) is 16.3. The van der Waals surface area contributed by atoms with Crippen molar-refractivity contribution in [2.45, 2.75) is 44.2 Å². The zero-order chi connectivity index (χ0) is 24.9. The number of aromatic nitrogens is 2. The van der Waals surface area contributed by atoms with Crippen LogP contribution in [0.2, 0.25) is 0 Å². The molecule has 7 nitrogen and oxygen atoms in total. The van der Waals surface area contributed by atoms with E-state index >= 15 is 0 Å². The Hall–Kier alpha value is -1.19.